The largest absolute Gasteiger partial charge is 0.460 e. The van der Waals surface area contributed by atoms with Gasteiger partial charge in [0.05, 0.1) is 59.3 Å². The van der Waals surface area contributed by atoms with E-state index in [1.54, 1.807) is 0 Å². The Bertz CT molecular complexity index is 409. The molecule has 9 heteroatoms. The van der Waals surface area contributed by atoms with Gasteiger partial charge >= 0.3 is 12.1 Å². The average molecular weight is 424 g/mol. The number of esters is 1. The van der Waals surface area contributed by atoms with Crippen LogP contribution in [-0.4, -0.2) is 82.7 Å². The topological polar surface area (TPSA) is 102 Å². The van der Waals surface area contributed by atoms with E-state index < -0.39 is 17.3 Å². The third-order valence-electron chi connectivity index (χ3n) is 2.90. The van der Waals surface area contributed by atoms with Crippen molar-refractivity contribution in [1.29, 1.82) is 0 Å². The van der Waals surface area contributed by atoms with Gasteiger partial charge in [-0.2, -0.15) is 0 Å². The number of hydrogen-bond acceptors (Lipinski definition) is 8. The van der Waals surface area contributed by atoms with Crippen LogP contribution < -0.4 is 5.32 Å². The van der Waals surface area contributed by atoms with Crippen molar-refractivity contribution in [1.82, 2.24) is 5.32 Å². The summed E-state index contributed by atoms with van der Waals surface area (Å²) in [5.74, 6) is -0.269. The molecule has 0 aromatic carbocycles. The predicted octanol–water partition coefficient (Wildman–Crippen LogP) is 2.56. The van der Waals surface area contributed by atoms with Gasteiger partial charge in [-0.3, -0.25) is 4.79 Å². The monoisotopic (exact) mass is 423 g/mol. The van der Waals surface area contributed by atoms with Crippen LogP contribution >= 0.6 is 0 Å². The van der Waals surface area contributed by atoms with Crippen LogP contribution in [0.4, 0.5) is 4.79 Å². The first-order valence-corrected chi connectivity index (χ1v) is 9.99. The summed E-state index contributed by atoms with van der Waals surface area (Å²) >= 11 is 0. The minimum absolute atomic E-state index is 0. The summed E-state index contributed by atoms with van der Waals surface area (Å²) in [7, 11) is 0. The second kappa shape index (κ2) is 15.4. The number of ether oxygens (including phenoxy) is 6. The lowest BCUT2D eigenvalue weighted by molar-refractivity contribution is -0.156. The standard InChI is InChI=1S/C20H39NO8.H2/c1-19(2,3)28-17(22)7-9-24-11-13-26-15-16-27-14-12-25-10-8-21-18(23)29-20(4,5)6;/h7-16H2,1-6H3,(H,21,23);1H. The van der Waals surface area contributed by atoms with Gasteiger partial charge in [0.1, 0.15) is 11.2 Å². The minimum atomic E-state index is -0.507. The van der Waals surface area contributed by atoms with Crippen molar-refractivity contribution >= 4 is 12.1 Å². The number of nitrogens with one attached hydrogen (secondary N) is 1. The molecule has 1 amide bonds. The lowest BCUT2D eigenvalue weighted by atomic mass is 10.2. The van der Waals surface area contributed by atoms with Gasteiger partial charge < -0.3 is 33.7 Å². The Morgan fingerprint density at radius 3 is 1.52 bits per heavy atom. The highest BCUT2D eigenvalue weighted by Crippen LogP contribution is 2.08. The molecule has 29 heavy (non-hydrogen) atoms. The van der Waals surface area contributed by atoms with Crippen molar-refractivity contribution in [3.8, 4) is 0 Å². The molecule has 0 bridgehead atoms. The fraction of sp³-hybridized carbons (Fsp3) is 0.900. The highest BCUT2D eigenvalue weighted by molar-refractivity contribution is 5.69. The molecular weight excluding hydrogens is 382 g/mol. The minimum Gasteiger partial charge on any atom is -0.460 e. The van der Waals surface area contributed by atoms with E-state index in [1.165, 1.54) is 0 Å². The zero-order chi connectivity index (χ0) is 22.2. The van der Waals surface area contributed by atoms with Crippen molar-refractivity contribution in [3.05, 3.63) is 0 Å². The molecule has 0 aromatic rings. The maximum absolute atomic E-state index is 11.5. The zero-order valence-corrected chi connectivity index (χ0v) is 18.8. The molecule has 174 valence electrons. The quantitative estimate of drug-likeness (QED) is 0.317. The lowest BCUT2D eigenvalue weighted by Crippen LogP contribution is -2.34. The van der Waals surface area contributed by atoms with Crippen molar-refractivity contribution < 1.29 is 39.4 Å². The molecule has 0 fully saturated rings. The van der Waals surface area contributed by atoms with E-state index in [4.69, 9.17) is 28.4 Å². The van der Waals surface area contributed by atoms with Gasteiger partial charge in [0.2, 0.25) is 0 Å². The van der Waals surface area contributed by atoms with E-state index in [0.29, 0.717) is 59.4 Å². The first kappa shape index (κ1) is 27.6. The third kappa shape index (κ3) is 22.7. The molecule has 0 rings (SSSR count). The van der Waals surface area contributed by atoms with Gasteiger partial charge in [-0.15, -0.1) is 0 Å². The maximum atomic E-state index is 11.5. The molecule has 0 aliphatic heterocycles. The summed E-state index contributed by atoms with van der Waals surface area (Å²) in [6.45, 7) is 14.6. The summed E-state index contributed by atoms with van der Waals surface area (Å²) in [5.41, 5.74) is -0.977. The molecule has 0 unspecified atom stereocenters. The fourth-order valence-corrected chi connectivity index (χ4v) is 1.85. The van der Waals surface area contributed by atoms with Crippen molar-refractivity contribution in [2.75, 3.05) is 59.4 Å². The van der Waals surface area contributed by atoms with Gasteiger partial charge in [-0.25, -0.2) is 4.79 Å². The van der Waals surface area contributed by atoms with Crippen LogP contribution in [0.25, 0.3) is 0 Å². The van der Waals surface area contributed by atoms with Crippen molar-refractivity contribution in [2.24, 2.45) is 0 Å². The van der Waals surface area contributed by atoms with Gasteiger partial charge in [0.25, 0.3) is 0 Å². The molecule has 0 aliphatic carbocycles. The molecule has 0 spiro atoms. The van der Waals surface area contributed by atoms with Crippen LogP contribution in [0.15, 0.2) is 0 Å². The Hall–Kier alpha value is -1.42. The second-order valence-electron chi connectivity index (χ2n) is 8.21. The smallest absolute Gasteiger partial charge is 0.407 e. The lowest BCUT2D eigenvalue weighted by Gasteiger charge is -2.19. The summed E-state index contributed by atoms with van der Waals surface area (Å²) in [6, 6.07) is 0. The zero-order valence-electron chi connectivity index (χ0n) is 18.8. The molecule has 0 aliphatic rings. The summed E-state index contributed by atoms with van der Waals surface area (Å²) in [4.78, 5) is 22.9. The number of amides is 1. The Kier molecular flexibility index (Phi) is 14.7. The number of hydrogen-bond donors (Lipinski definition) is 1. The van der Waals surface area contributed by atoms with Crippen molar-refractivity contribution in [3.63, 3.8) is 0 Å². The van der Waals surface area contributed by atoms with E-state index >= 15 is 0 Å². The number of carbonyl (C=O) groups is 2. The average Bonchev–Trinajstić information content (AvgIpc) is 2.55. The Morgan fingerprint density at radius 2 is 1.07 bits per heavy atom. The Balaban J connectivity index is 0. The Morgan fingerprint density at radius 1 is 0.655 bits per heavy atom. The number of alkyl carbamates (subject to hydrolysis) is 1. The molecule has 0 saturated heterocycles. The van der Waals surface area contributed by atoms with Gasteiger partial charge in [0.15, 0.2) is 0 Å². The molecule has 0 saturated carbocycles. The van der Waals surface area contributed by atoms with E-state index in [1.807, 2.05) is 41.5 Å². The van der Waals surface area contributed by atoms with Crippen molar-refractivity contribution in [2.45, 2.75) is 59.2 Å². The number of rotatable bonds is 15. The van der Waals surface area contributed by atoms with Crippen LogP contribution in [0.1, 0.15) is 49.4 Å². The first-order valence-electron chi connectivity index (χ1n) is 9.99. The maximum Gasteiger partial charge on any atom is 0.407 e. The van der Waals surface area contributed by atoms with Crippen LogP contribution in [-0.2, 0) is 33.2 Å². The van der Waals surface area contributed by atoms with Crippen LogP contribution in [0.2, 0.25) is 0 Å². The normalized spacial score (nSPS) is 11.9. The fourth-order valence-electron chi connectivity index (χ4n) is 1.85. The van der Waals surface area contributed by atoms with E-state index in [2.05, 4.69) is 5.32 Å². The molecule has 0 aromatic heterocycles. The highest BCUT2D eigenvalue weighted by Gasteiger charge is 2.16. The molecular formula is C20H41NO8. The molecule has 9 nitrogen and oxygen atoms in total. The SMILES string of the molecule is CC(C)(C)OC(=O)CCOCCOCCOCCOCCNC(=O)OC(C)(C)C.[HH]. The Labute approximate surface area is 176 Å². The van der Waals surface area contributed by atoms with Crippen LogP contribution in [0.5, 0.6) is 0 Å². The van der Waals surface area contributed by atoms with Crippen LogP contribution in [0.3, 0.4) is 0 Å². The molecule has 0 atom stereocenters. The second-order valence-corrected chi connectivity index (χ2v) is 8.21. The molecule has 1 N–H and O–H groups in total. The summed E-state index contributed by atoms with van der Waals surface area (Å²) in [6.07, 6.45) is -0.225. The summed E-state index contributed by atoms with van der Waals surface area (Å²) in [5, 5.41) is 2.61. The van der Waals surface area contributed by atoms with Gasteiger partial charge in [-0.1, -0.05) is 0 Å². The van der Waals surface area contributed by atoms with E-state index in [0.717, 1.165) is 0 Å². The summed E-state index contributed by atoms with van der Waals surface area (Å²) < 4.78 is 31.7. The molecule has 0 heterocycles. The van der Waals surface area contributed by atoms with Crippen LogP contribution in [0, 0.1) is 0 Å². The van der Waals surface area contributed by atoms with E-state index in [9.17, 15) is 9.59 Å². The molecule has 0 radical (unpaired) electrons. The van der Waals surface area contributed by atoms with Gasteiger partial charge in [-0.05, 0) is 41.5 Å². The first-order chi connectivity index (χ1) is 13.5. The van der Waals surface area contributed by atoms with E-state index in [-0.39, 0.29) is 13.8 Å². The van der Waals surface area contributed by atoms with Gasteiger partial charge in [0, 0.05) is 7.97 Å². The predicted molar refractivity (Wildman–Crippen MR) is 110 cm³/mol. The highest BCUT2D eigenvalue weighted by atomic mass is 16.6. The number of carbonyl (C=O) groups excluding carboxylic acids is 2. The third-order valence-corrected chi connectivity index (χ3v) is 2.90.